The van der Waals surface area contributed by atoms with Crippen molar-refractivity contribution in [2.75, 3.05) is 5.01 Å². The lowest BCUT2D eigenvalue weighted by atomic mass is 10.0. The molecular formula is C27H18BrClN4S. The number of anilines is 1. The number of thiophene rings is 1. The molecule has 166 valence electrons. The molecule has 4 nitrogen and oxygen atoms in total. The van der Waals surface area contributed by atoms with Crippen molar-refractivity contribution in [3.05, 3.63) is 110 Å². The van der Waals surface area contributed by atoms with Gasteiger partial charge in [-0.2, -0.15) is 5.10 Å². The minimum absolute atomic E-state index is 0.0111. The third-order valence-electron chi connectivity index (χ3n) is 5.85. The van der Waals surface area contributed by atoms with Gasteiger partial charge in [0.15, 0.2) is 0 Å². The Morgan fingerprint density at radius 3 is 2.59 bits per heavy atom. The van der Waals surface area contributed by atoms with Gasteiger partial charge in [-0.15, -0.1) is 11.3 Å². The predicted octanol–water partition coefficient (Wildman–Crippen LogP) is 8.13. The molecule has 0 unspecified atom stereocenters. The normalized spacial score (nSPS) is 15.6. The van der Waals surface area contributed by atoms with E-state index in [4.69, 9.17) is 26.7 Å². The quantitative estimate of drug-likeness (QED) is 0.229. The zero-order valence-corrected chi connectivity index (χ0v) is 21.1. The Bertz CT molecular complexity index is 1520. The van der Waals surface area contributed by atoms with Crippen molar-refractivity contribution in [1.82, 2.24) is 9.97 Å². The Labute approximate surface area is 214 Å². The van der Waals surface area contributed by atoms with Gasteiger partial charge in [0.05, 0.1) is 27.8 Å². The summed E-state index contributed by atoms with van der Waals surface area (Å²) in [6.45, 7) is 0. The lowest BCUT2D eigenvalue weighted by Crippen LogP contribution is -2.21. The number of hydrogen-bond donors (Lipinski definition) is 0. The lowest BCUT2D eigenvalue weighted by Gasteiger charge is -2.23. The van der Waals surface area contributed by atoms with Crippen LogP contribution in [0.4, 0.5) is 5.95 Å². The van der Waals surface area contributed by atoms with Gasteiger partial charge in [0.2, 0.25) is 5.95 Å². The molecule has 0 bridgehead atoms. The summed E-state index contributed by atoms with van der Waals surface area (Å²) in [5.41, 5.74) is 4.89. The number of nitrogens with zero attached hydrogens (tertiary/aromatic N) is 4. The molecule has 1 aliphatic heterocycles. The van der Waals surface area contributed by atoms with E-state index in [1.807, 2.05) is 47.5 Å². The second-order valence-electron chi connectivity index (χ2n) is 8.04. The van der Waals surface area contributed by atoms with Crippen LogP contribution in [-0.2, 0) is 0 Å². The number of halogens is 2. The number of hydrogen-bond acceptors (Lipinski definition) is 5. The van der Waals surface area contributed by atoms with Crippen molar-refractivity contribution < 1.29 is 0 Å². The fraction of sp³-hybridized carbons (Fsp3) is 0.0741. The highest BCUT2D eigenvalue weighted by Crippen LogP contribution is 2.39. The highest BCUT2D eigenvalue weighted by Gasteiger charge is 2.32. The van der Waals surface area contributed by atoms with Gasteiger partial charge in [-0.25, -0.2) is 15.0 Å². The Morgan fingerprint density at radius 2 is 1.79 bits per heavy atom. The topological polar surface area (TPSA) is 41.4 Å². The minimum atomic E-state index is -0.0111. The van der Waals surface area contributed by atoms with E-state index in [1.54, 1.807) is 11.3 Å². The average Bonchev–Trinajstić information content (AvgIpc) is 3.54. The van der Waals surface area contributed by atoms with Crippen LogP contribution in [0.5, 0.6) is 0 Å². The van der Waals surface area contributed by atoms with Crippen LogP contribution in [0.2, 0.25) is 5.02 Å². The van der Waals surface area contributed by atoms with Crippen LogP contribution in [0.1, 0.15) is 22.9 Å². The van der Waals surface area contributed by atoms with Crippen molar-refractivity contribution in [2.24, 2.45) is 5.10 Å². The summed E-state index contributed by atoms with van der Waals surface area (Å²) in [4.78, 5) is 11.2. The SMILES string of the molecule is Clc1ccc2nc(N3N=C(c4cccs4)C[C@H]3c3cccc(Br)c3)nc(-c3ccccc3)c2c1. The monoisotopic (exact) mass is 544 g/mol. The second-order valence-corrected chi connectivity index (χ2v) is 10.3. The maximum atomic E-state index is 6.35. The lowest BCUT2D eigenvalue weighted by molar-refractivity contribution is 0.688. The third kappa shape index (κ3) is 4.02. The first-order chi connectivity index (χ1) is 16.7. The fourth-order valence-corrected chi connectivity index (χ4v) is 5.58. The Kier molecular flexibility index (Phi) is 5.65. The van der Waals surface area contributed by atoms with Gasteiger partial charge in [0, 0.05) is 26.9 Å². The van der Waals surface area contributed by atoms with E-state index in [2.05, 4.69) is 63.8 Å². The van der Waals surface area contributed by atoms with Crippen LogP contribution in [-0.4, -0.2) is 15.7 Å². The summed E-state index contributed by atoms with van der Waals surface area (Å²) in [5, 5.41) is 10.7. The smallest absolute Gasteiger partial charge is 0.223 e. The number of rotatable bonds is 4. The van der Waals surface area contributed by atoms with Crippen LogP contribution >= 0.6 is 38.9 Å². The molecule has 0 spiro atoms. The van der Waals surface area contributed by atoms with Gasteiger partial charge in [0.25, 0.3) is 0 Å². The minimum Gasteiger partial charge on any atom is -0.223 e. The van der Waals surface area contributed by atoms with Crippen molar-refractivity contribution in [3.63, 3.8) is 0 Å². The summed E-state index contributed by atoms with van der Waals surface area (Å²) in [6.07, 6.45) is 0.777. The molecule has 7 heteroatoms. The Hall–Kier alpha value is -3.06. The van der Waals surface area contributed by atoms with Crippen molar-refractivity contribution >= 4 is 61.4 Å². The number of aromatic nitrogens is 2. The van der Waals surface area contributed by atoms with E-state index in [1.165, 1.54) is 4.88 Å². The van der Waals surface area contributed by atoms with E-state index in [-0.39, 0.29) is 6.04 Å². The zero-order chi connectivity index (χ0) is 23.1. The maximum absolute atomic E-state index is 6.35. The van der Waals surface area contributed by atoms with Crippen LogP contribution in [0.25, 0.3) is 22.2 Å². The highest BCUT2D eigenvalue weighted by atomic mass is 79.9. The molecule has 0 N–H and O–H groups in total. The first-order valence-electron chi connectivity index (χ1n) is 10.8. The van der Waals surface area contributed by atoms with Gasteiger partial charge >= 0.3 is 0 Å². The molecule has 0 fully saturated rings. The fourth-order valence-electron chi connectivity index (χ4n) is 4.27. The molecule has 34 heavy (non-hydrogen) atoms. The van der Waals surface area contributed by atoms with Crippen LogP contribution in [0.3, 0.4) is 0 Å². The summed E-state index contributed by atoms with van der Waals surface area (Å²) in [7, 11) is 0. The van der Waals surface area contributed by atoms with E-state index in [0.717, 1.165) is 44.3 Å². The van der Waals surface area contributed by atoms with Crippen molar-refractivity contribution in [3.8, 4) is 11.3 Å². The molecule has 0 saturated heterocycles. The largest absolute Gasteiger partial charge is 0.247 e. The maximum Gasteiger partial charge on any atom is 0.247 e. The van der Waals surface area contributed by atoms with Crippen LogP contribution in [0.15, 0.2) is 99.9 Å². The zero-order valence-electron chi connectivity index (χ0n) is 17.9. The molecule has 0 amide bonds. The molecule has 2 aromatic heterocycles. The number of benzene rings is 3. The summed E-state index contributed by atoms with van der Waals surface area (Å²) in [5.74, 6) is 0.574. The molecule has 3 aromatic carbocycles. The second kappa shape index (κ2) is 8.95. The standard InChI is InChI=1S/C27H18BrClN4S/c28-19-9-4-8-18(14-19)24-16-23(25-10-5-13-34-25)32-33(24)27-30-22-12-11-20(29)15-21(22)26(31-27)17-6-2-1-3-7-17/h1-15,24H,16H2/t24-/m0/s1. The van der Waals surface area contributed by atoms with Gasteiger partial charge < -0.3 is 0 Å². The molecular weight excluding hydrogens is 528 g/mol. The predicted molar refractivity (Wildman–Crippen MR) is 145 cm³/mol. The third-order valence-corrected chi connectivity index (χ3v) is 7.49. The molecule has 1 atom stereocenters. The van der Waals surface area contributed by atoms with Gasteiger partial charge in [-0.05, 0) is 47.3 Å². The molecule has 6 rings (SSSR count). The van der Waals surface area contributed by atoms with E-state index < -0.39 is 0 Å². The molecule has 0 radical (unpaired) electrons. The molecule has 1 aliphatic rings. The van der Waals surface area contributed by atoms with E-state index >= 15 is 0 Å². The molecule has 0 saturated carbocycles. The Morgan fingerprint density at radius 1 is 0.912 bits per heavy atom. The first kappa shape index (κ1) is 21.5. The summed E-state index contributed by atoms with van der Waals surface area (Å²) < 4.78 is 1.04. The molecule has 5 aromatic rings. The van der Waals surface area contributed by atoms with Crippen molar-refractivity contribution in [2.45, 2.75) is 12.5 Å². The van der Waals surface area contributed by atoms with Crippen molar-refractivity contribution in [1.29, 1.82) is 0 Å². The molecule has 3 heterocycles. The number of hydrazone groups is 1. The first-order valence-corrected chi connectivity index (χ1v) is 12.9. The van der Waals surface area contributed by atoms with Crippen LogP contribution < -0.4 is 5.01 Å². The average molecular weight is 546 g/mol. The summed E-state index contributed by atoms with van der Waals surface area (Å²) >= 11 is 11.7. The highest BCUT2D eigenvalue weighted by molar-refractivity contribution is 9.10. The Balaban J connectivity index is 1.55. The van der Waals surface area contributed by atoms with E-state index in [0.29, 0.717) is 11.0 Å². The number of fused-ring (bicyclic) bond motifs is 1. The van der Waals surface area contributed by atoms with Gasteiger partial charge in [-0.1, -0.05) is 76.1 Å². The van der Waals surface area contributed by atoms with Gasteiger partial charge in [-0.3, -0.25) is 0 Å². The van der Waals surface area contributed by atoms with E-state index in [9.17, 15) is 0 Å². The molecule has 0 aliphatic carbocycles. The van der Waals surface area contributed by atoms with Gasteiger partial charge in [0.1, 0.15) is 0 Å². The summed E-state index contributed by atoms with van der Waals surface area (Å²) in [6, 6.07) is 28.4. The van der Waals surface area contributed by atoms with Crippen LogP contribution in [0, 0.1) is 0 Å².